The lowest BCUT2D eigenvalue weighted by molar-refractivity contribution is -0.131. The number of hydrogen-bond acceptors (Lipinski definition) is 4. The van der Waals surface area contributed by atoms with E-state index in [1.807, 2.05) is 37.2 Å². The molecule has 0 spiro atoms. The van der Waals surface area contributed by atoms with E-state index in [9.17, 15) is 9.90 Å². The van der Waals surface area contributed by atoms with E-state index in [0.29, 0.717) is 11.3 Å². The zero-order valence-electron chi connectivity index (χ0n) is 12.7. The molecule has 0 saturated heterocycles. The van der Waals surface area contributed by atoms with E-state index in [0.717, 1.165) is 5.69 Å². The van der Waals surface area contributed by atoms with Gasteiger partial charge in [-0.2, -0.15) is 0 Å². The van der Waals surface area contributed by atoms with Gasteiger partial charge in [0.05, 0.1) is 5.57 Å². The smallest absolute Gasteiger partial charge is 0.341 e. The van der Waals surface area contributed by atoms with Gasteiger partial charge >= 0.3 is 5.97 Å². The summed E-state index contributed by atoms with van der Waals surface area (Å²) in [6.07, 6.45) is -1.07. The van der Waals surface area contributed by atoms with Crippen molar-refractivity contribution in [1.82, 2.24) is 0 Å². The number of rotatable bonds is 5. The maximum absolute atomic E-state index is 12.1. The molecule has 0 heterocycles. The molecule has 4 heteroatoms. The monoisotopic (exact) mass is 297 g/mol. The van der Waals surface area contributed by atoms with Crippen molar-refractivity contribution in [3.8, 4) is 5.75 Å². The second-order valence-corrected chi connectivity index (χ2v) is 5.12. The van der Waals surface area contributed by atoms with Gasteiger partial charge in [0.25, 0.3) is 0 Å². The summed E-state index contributed by atoms with van der Waals surface area (Å²) in [4.78, 5) is 14.0. The summed E-state index contributed by atoms with van der Waals surface area (Å²) < 4.78 is 5.24. The zero-order chi connectivity index (χ0) is 16.1. The number of hydrogen-bond donors (Lipinski definition) is 1. The lowest BCUT2D eigenvalue weighted by Gasteiger charge is -2.15. The predicted molar refractivity (Wildman–Crippen MR) is 86.9 cm³/mol. The molecule has 0 aliphatic carbocycles. The molecule has 0 saturated carbocycles. The van der Waals surface area contributed by atoms with Crippen molar-refractivity contribution >= 4 is 11.7 Å². The van der Waals surface area contributed by atoms with Crippen LogP contribution in [0.15, 0.2) is 66.7 Å². The van der Waals surface area contributed by atoms with Gasteiger partial charge in [0.15, 0.2) is 0 Å². The van der Waals surface area contributed by atoms with E-state index < -0.39 is 12.1 Å². The molecule has 4 nitrogen and oxygen atoms in total. The van der Waals surface area contributed by atoms with E-state index in [4.69, 9.17) is 4.74 Å². The van der Waals surface area contributed by atoms with Crippen molar-refractivity contribution in [3.05, 3.63) is 72.3 Å². The Kier molecular flexibility index (Phi) is 4.96. The summed E-state index contributed by atoms with van der Waals surface area (Å²) in [6, 6.07) is 16.0. The van der Waals surface area contributed by atoms with E-state index >= 15 is 0 Å². The fourth-order valence-electron chi connectivity index (χ4n) is 1.93. The molecule has 0 aliphatic rings. The SMILES string of the molecule is C=C(C(=O)Oc1ccc(N(C)C)cc1)C(O)c1ccccc1. The highest BCUT2D eigenvalue weighted by Crippen LogP contribution is 2.23. The number of carbonyl (C=O) groups is 1. The Bertz CT molecular complexity index is 648. The number of benzene rings is 2. The number of nitrogens with zero attached hydrogens (tertiary/aromatic N) is 1. The molecule has 1 atom stereocenters. The quantitative estimate of drug-likeness (QED) is 0.524. The molecule has 0 aromatic heterocycles. The summed E-state index contributed by atoms with van der Waals surface area (Å²) in [7, 11) is 3.86. The van der Waals surface area contributed by atoms with Crippen LogP contribution in [0.2, 0.25) is 0 Å². The summed E-state index contributed by atoms with van der Waals surface area (Å²) in [5.41, 5.74) is 1.61. The average Bonchev–Trinajstić information content (AvgIpc) is 2.54. The van der Waals surface area contributed by atoms with Gasteiger partial charge in [-0.1, -0.05) is 36.9 Å². The maximum Gasteiger partial charge on any atom is 0.341 e. The van der Waals surface area contributed by atoms with Crippen LogP contribution < -0.4 is 9.64 Å². The van der Waals surface area contributed by atoms with Crippen molar-refractivity contribution in [3.63, 3.8) is 0 Å². The molecular formula is C18H19NO3. The molecule has 0 bridgehead atoms. The molecule has 2 aromatic rings. The van der Waals surface area contributed by atoms with Crippen LogP contribution in [0.5, 0.6) is 5.75 Å². The van der Waals surface area contributed by atoms with Gasteiger partial charge in [0.2, 0.25) is 0 Å². The average molecular weight is 297 g/mol. The second-order valence-electron chi connectivity index (χ2n) is 5.12. The van der Waals surface area contributed by atoms with Gasteiger partial charge in [0.1, 0.15) is 11.9 Å². The topological polar surface area (TPSA) is 49.8 Å². The van der Waals surface area contributed by atoms with Crippen molar-refractivity contribution in [1.29, 1.82) is 0 Å². The zero-order valence-corrected chi connectivity index (χ0v) is 12.7. The fourth-order valence-corrected chi connectivity index (χ4v) is 1.93. The maximum atomic E-state index is 12.1. The summed E-state index contributed by atoms with van der Waals surface area (Å²) in [6.45, 7) is 3.64. The van der Waals surface area contributed by atoms with Crippen LogP contribution in [-0.2, 0) is 4.79 Å². The summed E-state index contributed by atoms with van der Waals surface area (Å²) in [5.74, 6) is -0.231. The highest BCUT2D eigenvalue weighted by molar-refractivity contribution is 5.90. The van der Waals surface area contributed by atoms with E-state index in [1.165, 1.54) is 0 Å². The van der Waals surface area contributed by atoms with Crippen LogP contribution in [0.4, 0.5) is 5.69 Å². The number of anilines is 1. The van der Waals surface area contributed by atoms with Crippen molar-refractivity contribution in [2.75, 3.05) is 19.0 Å². The summed E-state index contributed by atoms with van der Waals surface area (Å²) >= 11 is 0. The first-order valence-corrected chi connectivity index (χ1v) is 6.90. The third-order valence-electron chi connectivity index (χ3n) is 3.27. The van der Waals surface area contributed by atoms with Gasteiger partial charge in [0, 0.05) is 19.8 Å². The Labute approximate surface area is 130 Å². The van der Waals surface area contributed by atoms with Crippen LogP contribution >= 0.6 is 0 Å². The molecule has 2 rings (SSSR count). The van der Waals surface area contributed by atoms with Crippen LogP contribution in [-0.4, -0.2) is 25.2 Å². The first-order chi connectivity index (χ1) is 10.5. The molecular weight excluding hydrogens is 278 g/mol. The fraction of sp³-hybridized carbons (Fsp3) is 0.167. The Morgan fingerprint density at radius 3 is 2.23 bits per heavy atom. The molecule has 1 N–H and O–H groups in total. The third kappa shape index (κ3) is 3.74. The van der Waals surface area contributed by atoms with Gasteiger partial charge in [-0.05, 0) is 29.8 Å². The number of aliphatic hydroxyl groups excluding tert-OH is 1. The lowest BCUT2D eigenvalue weighted by Crippen LogP contribution is -2.16. The minimum absolute atomic E-state index is 0.00267. The Morgan fingerprint density at radius 2 is 1.68 bits per heavy atom. The van der Waals surface area contributed by atoms with Crippen LogP contribution in [0.25, 0.3) is 0 Å². The highest BCUT2D eigenvalue weighted by atomic mass is 16.5. The Balaban J connectivity index is 2.04. The Morgan fingerprint density at radius 1 is 1.09 bits per heavy atom. The van der Waals surface area contributed by atoms with Gasteiger partial charge in [-0.3, -0.25) is 0 Å². The van der Waals surface area contributed by atoms with Crippen molar-refractivity contribution in [2.45, 2.75) is 6.10 Å². The van der Waals surface area contributed by atoms with Crippen molar-refractivity contribution in [2.24, 2.45) is 0 Å². The molecule has 114 valence electrons. The second kappa shape index (κ2) is 6.91. The number of ether oxygens (including phenoxy) is 1. The normalized spacial score (nSPS) is 11.6. The van der Waals surface area contributed by atoms with Gasteiger partial charge < -0.3 is 14.7 Å². The highest BCUT2D eigenvalue weighted by Gasteiger charge is 2.20. The minimum atomic E-state index is -1.07. The number of carbonyl (C=O) groups excluding carboxylic acids is 1. The van der Waals surface area contributed by atoms with Crippen LogP contribution in [0.3, 0.4) is 0 Å². The first kappa shape index (κ1) is 15.8. The number of esters is 1. The first-order valence-electron chi connectivity index (χ1n) is 6.90. The van der Waals surface area contributed by atoms with Gasteiger partial charge in [-0.25, -0.2) is 4.79 Å². The molecule has 22 heavy (non-hydrogen) atoms. The molecule has 0 radical (unpaired) electrons. The third-order valence-corrected chi connectivity index (χ3v) is 3.27. The number of aliphatic hydroxyl groups is 1. The molecule has 0 fully saturated rings. The minimum Gasteiger partial charge on any atom is -0.423 e. The molecule has 1 unspecified atom stereocenters. The van der Waals surface area contributed by atoms with E-state index in [2.05, 4.69) is 6.58 Å². The standard InChI is InChI=1S/C18H19NO3/c1-13(17(20)14-7-5-4-6-8-14)18(21)22-16-11-9-15(10-12-16)19(2)3/h4-12,17,20H,1H2,2-3H3. The van der Waals surface area contributed by atoms with Crippen molar-refractivity contribution < 1.29 is 14.6 Å². The van der Waals surface area contributed by atoms with E-state index in [-0.39, 0.29) is 5.57 Å². The lowest BCUT2D eigenvalue weighted by atomic mass is 10.0. The largest absolute Gasteiger partial charge is 0.423 e. The van der Waals surface area contributed by atoms with Crippen LogP contribution in [0, 0.1) is 0 Å². The molecule has 0 aliphatic heterocycles. The predicted octanol–water partition coefficient (Wildman–Crippen LogP) is 2.95. The summed E-state index contributed by atoms with van der Waals surface area (Å²) in [5, 5.41) is 10.1. The molecule has 2 aromatic carbocycles. The Hall–Kier alpha value is -2.59. The van der Waals surface area contributed by atoms with E-state index in [1.54, 1.807) is 36.4 Å². The molecule has 0 amide bonds. The van der Waals surface area contributed by atoms with Gasteiger partial charge in [-0.15, -0.1) is 0 Å². The van der Waals surface area contributed by atoms with Crippen LogP contribution in [0.1, 0.15) is 11.7 Å².